The average molecular weight is 163 g/mol. The largest absolute Gasteiger partial charge is 0.293 e. The van der Waals surface area contributed by atoms with Crippen molar-refractivity contribution in [2.24, 2.45) is 0 Å². The highest BCUT2D eigenvalue weighted by Gasteiger charge is 2.29. The molecule has 1 saturated heterocycles. The molecule has 2 aliphatic heterocycles. The van der Waals surface area contributed by atoms with Gasteiger partial charge in [0.15, 0.2) is 0 Å². The monoisotopic (exact) mass is 163 g/mol. The lowest BCUT2D eigenvalue weighted by molar-refractivity contribution is 0.196. The van der Waals surface area contributed by atoms with Crippen LogP contribution in [0.25, 0.3) is 0 Å². The van der Waals surface area contributed by atoms with Gasteiger partial charge in [-0.15, -0.1) is 6.58 Å². The van der Waals surface area contributed by atoms with Crippen molar-refractivity contribution in [1.82, 2.24) is 4.90 Å². The maximum Gasteiger partial charge on any atom is 0.0281 e. The van der Waals surface area contributed by atoms with Gasteiger partial charge in [-0.3, -0.25) is 4.90 Å². The maximum absolute atomic E-state index is 3.82. The molecule has 1 nitrogen and oxygen atoms in total. The van der Waals surface area contributed by atoms with E-state index in [0.29, 0.717) is 0 Å². The quantitative estimate of drug-likeness (QED) is 0.565. The molecule has 0 spiro atoms. The first-order chi connectivity index (χ1) is 5.92. The molecule has 0 aromatic rings. The van der Waals surface area contributed by atoms with Crippen molar-refractivity contribution in [3.8, 4) is 0 Å². The van der Waals surface area contributed by atoms with Gasteiger partial charge in [-0.2, -0.15) is 0 Å². The molecule has 66 valence electrons. The Balaban J connectivity index is 2.06. The van der Waals surface area contributed by atoms with Crippen molar-refractivity contribution in [2.45, 2.75) is 37.8 Å². The van der Waals surface area contributed by atoms with Crippen molar-refractivity contribution in [1.29, 1.82) is 0 Å². The van der Waals surface area contributed by atoms with Gasteiger partial charge in [0.1, 0.15) is 0 Å². The van der Waals surface area contributed by atoms with Crippen molar-refractivity contribution >= 4 is 0 Å². The molecule has 0 N–H and O–H groups in total. The zero-order valence-corrected chi connectivity index (χ0v) is 7.58. The van der Waals surface area contributed by atoms with Crippen LogP contribution in [0, 0.1) is 0 Å². The molecule has 0 unspecified atom stereocenters. The molecule has 2 rings (SSSR count). The molecule has 12 heavy (non-hydrogen) atoms. The molecule has 0 saturated carbocycles. The summed E-state index contributed by atoms with van der Waals surface area (Å²) < 4.78 is 0. The molecule has 2 aliphatic rings. The minimum Gasteiger partial charge on any atom is -0.293 e. The fourth-order valence-corrected chi connectivity index (χ4v) is 2.43. The molecule has 1 fully saturated rings. The van der Waals surface area contributed by atoms with Gasteiger partial charge in [-0.05, 0) is 32.2 Å². The van der Waals surface area contributed by atoms with Gasteiger partial charge in [0.05, 0.1) is 0 Å². The van der Waals surface area contributed by atoms with Gasteiger partial charge < -0.3 is 0 Å². The summed E-state index contributed by atoms with van der Waals surface area (Å²) in [5.41, 5.74) is 0. The number of fused-ring (bicyclic) bond motifs is 1. The van der Waals surface area contributed by atoms with Crippen molar-refractivity contribution in [3.05, 3.63) is 24.8 Å². The van der Waals surface area contributed by atoms with Gasteiger partial charge in [0, 0.05) is 12.1 Å². The molecular formula is C11H17N. The summed E-state index contributed by atoms with van der Waals surface area (Å²) in [5.74, 6) is 0. The Labute approximate surface area is 74.8 Å². The van der Waals surface area contributed by atoms with E-state index in [-0.39, 0.29) is 0 Å². The fraction of sp³-hybridized carbons (Fsp3) is 0.636. The summed E-state index contributed by atoms with van der Waals surface area (Å²) in [7, 11) is 0. The Bertz CT molecular complexity index is 195. The van der Waals surface area contributed by atoms with Crippen LogP contribution < -0.4 is 0 Å². The van der Waals surface area contributed by atoms with Crippen LogP contribution in [0.3, 0.4) is 0 Å². The van der Waals surface area contributed by atoms with Crippen LogP contribution in [0.2, 0.25) is 0 Å². The SMILES string of the molecule is C=CC[C@H]1CC=C[C@H]2CCCN12. The van der Waals surface area contributed by atoms with E-state index in [1.165, 1.54) is 25.8 Å². The summed E-state index contributed by atoms with van der Waals surface area (Å²) >= 11 is 0. The highest BCUT2D eigenvalue weighted by Crippen LogP contribution is 2.28. The van der Waals surface area contributed by atoms with E-state index < -0.39 is 0 Å². The van der Waals surface area contributed by atoms with E-state index in [1.807, 2.05) is 0 Å². The lowest BCUT2D eigenvalue weighted by atomic mass is 10.0. The van der Waals surface area contributed by atoms with Gasteiger partial charge in [-0.1, -0.05) is 18.2 Å². The fourth-order valence-electron chi connectivity index (χ4n) is 2.43. The molecular weight excluding hydrogens is 146 g/mol. The average Bonchev–Trinajstić information content (AvgIpc) is 2.53. The molecule has 0 amide bonds. The Morgan fingerprint density at radius 3 is 3.33 bits per heavy atom. The summed E-state index contributed by atoms with van der Waals surface area (Å²) in [5, 5.41) is 0. The van der Waals surface area contributed by atoms with E-state index in [9.17, 15) is 0 Å². The van der Waals surface area contributed by atoms with Crippen molar-refractivity contribution in [2.75, 3.05) is 6.54 Å². The van der Waals surface area contributed by atoms with Crippen molar-refractivity contribution < 1.29 is 0 Å². The van der Waals surface area contributed by atoms with Crippen LogP contribution >= 0.6 is 0 Å². The van der Waals surface area contributed by atoms with Crippen LogP contribution in [0.15, 0.2) is 24.8 Å². The van der Waals surface area contributed by atoms with E-state index in [2.05, 4.69) is 29.7 Å². The second-order valence-corrected chi connectivity index (χ2v) is 3.79. The summed E-state index contributed by atoms with van der Waals surface area (Å²) in [4.78, 5) is 2.64. The van der Waals surface area contributed by atoms with Crippen LogP contribution in [0.4, 0.5) is 0 Å². The molecule has 0 aromatic heterocycles. The first kappa shape index (κ1) is 8.06. The standard InChI is InChI=1S/C11H17N/c1-2-5-10-6-3-7-11-8-4-9-12(10)11/h2-3,7,10-11H,1,4-6,8-9H2/t10-,11-/m0/s1. The van der Waals surface area contributed by atoms with E-state index in [4.69, 9.17) is 0 Å². The van der Waals surface area contributed by atoms with Crippen LogP contribution in [0.1, 0.15) is 25.7 Å². The second-order valence-electron chi connectivity index (χ2n) is 3.79. The summed E-state index contributed by atoms with van der Waals surface area (Å²) in [6.07, 6.45) is 11.9. The summed E-state index contributed by atoms with van der Waals surface area (Å²) in [6, 6.07) is 1.50. The smallest absolute Gasteiger partial charge is 0.0281 e. The molecule has 2 atom stereocenters. The van der Waals surface area contributed by atoms with Crippen LogP contribution in [-0.4, -0.2) is 23.5 Å². The number of rotatable bonds is 2. The van der Waals surface area contributed by atoms with E-state index in [0.717, 1.165) is 18.5 Å². The Morgan fingerprint density at radius 1 is 1.58 bits per heavy atom. The topological polar surface area (TPSA) is 3.24 Å². The van der Waals surface area contributed by atoms with Crippen LogP contribution in [-0.2, 0) is 0 Å². The lowest BCUT2D eigenvalue weighted by Crippen LogP contribution is -2.39. The molecule has 1 heteroatoms. The van der Waals surface area contributed by atoms with Gasteiger partial charge in [0.2, 0.25) is 0 Å². The van der Waals surface area contributed by atoms with Crippen molar-refractivity contribution in [3.63, 3.8) is 0 Å². The normalized spacial score (nSPS) is 35.0. The zero-order chi connectivity index (χ0) is 8.39. The highest BCUT2D eigenvalue weighted by molar-refractivity contribution is 5.06. The number of hydrogen-bond acceptors (Lipinski definition) is 1. The first-order valence-corrected chi connectivity index (χ1v) is 4.95. The zero-order valence-electron chi connectivity index (χ0n) is 7.58. The van der Waals surface area contributed by atoms with E-state index >= 15 is 0 Å². The maximum atomic E-state index is 3.82. The molecule has 0 aliphatic carbocycles. The minimum absolute atomic E-state index is 0.750. The first-order valence-electron chi connectivity index (χ1n) is 4.95. The minimum atomic E-state index is 0.750. The number of hydrogen-bond donors (Lipinski definition) is 0. The van der Waals surface area contributed by atoms with Gasteiger partial charge in [-0.25, -0.2) is 0 Å². The molecule has 2 heterocycles. The Morgan fingerprint density at radius 2 is 2.50 bits per heavy atom. The highest BCUT2D eigenvalue weighted by atomic mass is 15.2. The third-order valence-corrected chi connectivity index (χ3v) is 3.02. The van der Waals surface area contributed by atoms with Crippen LogP contribution in [0.5, 0.6) is 0 Å². The Hall–Kier alpha value is -0.560. The Kier molecular flexibility index (Phi) is 2.31. The third kappa shape index (κ3) is 1.34. The predicted molar refractivity (Wildman–Crippen MR) is 52.1 cm³/mol. The third-order valence-electron chi connectivity index (χ3n) is 3.02. The number of nitrogens with zero attached hydrogens (tertiary/aromatic N) is 1. The molecule has 0 radical (unpaired) electrons. The van der Waals surface area contributed by atoms with E-state index in [1.54, 1.807) is 0 Å². The lowest BCUT2D eigenvalue weighted by Gasteiger charge is -2.33. The van der Waals surface area contributed by atoms with Gasteiger partial charge in [0.25, 0.3) is 0 Å². The molecule has 0 bridgehead atoms. The summed E-state index contributed by atoms with van der Waals surface area (Å²) in [6.45, 7) is 5.12. The van der Waals surface area contributed by atoms with Gasteiger partial charge >= 0.3 is 0 Å². The predicted octanol–water partition coefficient (Wildman–Crippen LogP) is 2.36. The molecule has 0 aromatic carbocycles. The second kappa shape index (κ2) is 3.44.